The van der Waals surface area contributed by atoms with Gasteiger partial charge in [0.15, 0.2) is 0 Å². The van der Waals surface area contributed by atoms with Gasteiger partial charge in [0.2, 0.25) is 5.91 Å². The summed E-state index contributed by atoms with van der Waals surface area (Å²) in [4.78, 5) is 40.2. The third-order valence-corrected chi connectivity index (χ3v) is 5.20. The van der Waals surface area contributed by atoms with Gasteiger partial charge in [-0.1, -0.05) is 19.8 Å². The van der Waals surface area contributed by atoms with E-state index in [2.05, 4.69) is 17.2 Å². The lowest BCUT2D eigenvalue weighted by atomic mass is 9.76. The second-order valence-electron chi connectivity index (χ2n) is 7.17. The Morgan fingerprint density at radius 2 is 2.00 bits per heavy atom. The maximum Gasteiger partial charge on any atom is 0.265 e. The molecular weight excluding hydrogens is 294 g/mol. The average Bonchev–Trinajstić information content (AvgIpc) is 3.12. The average molecular weight is 321 g/mol. The first-order valence-corrected chi connectivity index (χ1v) is 8.46. The molecule has 0 radical (unpaired) electrons. The number of amides is 2. The van der Waals surface area contributed by atoms with Crippen molar-refractivity contribution < 1.29 is 14.4 Å². The number of ketones is 1. The molecule has 2 aliphatic rings. The zero-order chi connectivity index (χ0) is 17.0. The predicted octanol–water partition coefficient (Wildman–Crippen LogP) is 1.22. The smallest absolute Gasteiger partial charge is 0.265 e. The van der Waals surface area contributed by atoms with E-state index in [9.17, 15) is 14.4 Å². The van der Waals surface area contributed by atoms with Gasteiger partial charge in [0.25, 0.3) is 5.91 Å². The minimum atomic E-state index is -0.583. The largest absolute Gasteiger partial charge is 0.369 e. The minimum Gasteiger partial charge on any atom is -0.369 e. The molecule has 6 heteroatoms. The quantitative estimate of drug-likeness (QED) is 0.737. The summed E-state index contributed by atoms with van der Waals surface area (Å²) < 4.78 is 0. The number of nitrogens with zero attached hydrogens (tertiary/aromatic N) is 1. The molecule has 1 heterocycles. The van der Waals surface area contributed by atoms with Crippen molar-refractivity contribution in [2.24, 2.45) is 28.0 Å². The number of hydrogen-bond acceptors (Lipinski definition) is 4. The summed E-state index contributed by atoms with van der Waals surface area (Å²) in [6.07, 6.45) is 4.53. The second-order valence-corrected chi connectivity index (χ2v) is 7.17. The molecule has 23 heavy (non-hydrogen) atoms. The van der Waals surface area contributed by atoms with Gasteiger partial charge < -0.3 is 11.1 Å². The third kappa shape index (κ3) is 4.18. The molecule has 2 unspecified atom stereocenters. The first-order chi connectivity index (χ1) is 10.8. The van der Waals surface area contributed by atoms with Crippen molar-refractivity contribution in [1.29, 1.82) is 0 Å². The van der Waals surface area contributed by atoms with Crippen LogP contribution in [-0.4, -0.2) is 36.4 Å². The summed E-state index contributed by atoms with van der Waals surface area (Å²) in [6, 6.07) is 0. The summed E-state index contributed by atoms with van der Waals surface area (Å²) >= 11 is 0. The van der Waals surface area contributed by atoms with Gasteiger partial charge in [-0.3, -0.25) is 19.4 Å². The summed E-state index contributed by atoms with van der Waals surface area (Å²) in [6.45, 7) is 4.49. The third-order valence-electron chi connectivity index (χ3n) is 5.20. The van der Waals surface area contributed by atoms with Gasteiger partial charge in [0, 0.05) is 24.4 Å². The Labute approximate surface area is 137 Å². The van der Waals surface area contributed by atoms with Crippen molar-refractivity contribution in [3.05, 3.63) is 0 Å². The van der Waals surface area contributed by atoms with Crippen molar-refractivity contribution in [1.82, 2.24) is 5.32 Å². The van der Waals surface area contributed by atoms with Crippen LogP contribution < -0.4 is 11.1 Å². The van der Waals surface area contributed by atoms with Gasteiger partial charge in [-0.15, -0.1) is 0 Å². The Hall–Kier alpha value is -1.72. The van der Waals surface area contributed by atoms with E-state index in [-0.39, 0.29) is 30.1 Å². The molecule has 128 valence electrons. The summed E-state index contributed by atoms with van der Waals surface area (Å²) in [5, 5.41) is 2.81. The predicted molar refractivity (Wildman–Crippen MR) is 88.0 cm³/mol. The molecule has 0 saturated heterocycles. The number of nitrogens with two attached hydrogens (primary N) is 1. The SMILES string of the molecule is CC(=O)C(CNC(=O)C1=NCC(C)C1)CC1(C(N)=O)CCCC1. The Bertz CT molecular complexity index is 521. The molecule has 1 saturated carbocycles. The number of rotatable bonds is 7. The number of aliphatic imine (C=N–C) groups is 1. The van der Waals surface area contributed by atoms with Crippen LogP contribution in [0.15, 0.2) is 4.99 Å². The maximum atomic E-state index is 12.1. The van der Waals surface area contributed by atoms with Crippen molar-refractivity contribution in [3.8, 4) is 0 Å². The van der Waals surface area contributed by atoms with E-state index < -0.39 is 5.41 Å². The molecule has 2 rings (SSSR count). The molecule has 0 spiro atoms. The molecule has 0 aromatic heterocycles. The minimum absolute atomic E-state index is 0.0143. The molecule has 1 aliphatic heterocycles. The maximum absolute atomic E-state index is 12.1. The van der Waals surface area contributed by atoms with Crippen LogP contribution in [0.5, 0.6) is 0 Å². The van der Waals surface area contributed by atoms with Crippen molar-refractivity contribution in [3.63, 3.8) is 0 Å². The summed E-state index contributed by atoms with van der Waals surface area (Å²) in [5.41, 5.74) is 5.57. The normalized spacial score (nSPS) is 24.1. The van der Waals surface area contributed by atoms with Gasteiger partial charge in [0.1, 0.15) is 5.78 Å². The number of primary amides is 1. The van der Waals surface area contributed by atoms with Crippen molar-refractivity contribution in [2.75, 3.05) is 13.1 Å². The van der Waals surface area contributed by atoms with E-state index in [1.807, 2.05) is 0 Å². The number of carbonyl (C=O) groups excluding carboxylic acids is 3. The fourth-order valence-corrected chi connectivity index (χ4v) is 3.64. The zero-order valence-corrected chi connectivity index (χ0v) is 14.1. The van der Waals surface area contributed by atoms with Crippen LogP contribution in [0.3, 0.4) is 0 Å². The van der Waals surface area contributed by atoms with E-state index in [0.29, 0.717) is 31.0 Å². The fourth-order valence-electron chi connectivity index (χ4n) is 3.64. The number of Topliss-reactive ketones (excluding diaryl/α,β-unsaturated/α-hetero) is 1. The van der Waals surface area contributed by atoms with Crippen molar-refractivity contribution in [2.45, 2.75) is 52.4 Å². The van der Waals surface area contributed by atoms with Gasteiger partial charge >= 0.3 is 0 Å². The lowest BCUT2D eigenvalue weighted by molar-refractivity contribution is -0.130. The van der Waals surface area contributed by atoms with Crippen LogP contribution in [0.2, 0.25) is 0 Å². The van der Waals surface area contributed by atoms with E-state index in [1.54, 1.807) is 0 Å². The number of carbonyl (C=O) groups is 3. The molecule has 6 nitrogen and oxygen atoms in total. The Balaban J connectivity index is 1.95. The highest BCUT2D eigenvalue weighted by Crippen LogP contribution is 2.43. The Morgan fingerprint density at radius 3 is 2.48 bits per heavy atom. The Kier molecular flexibility index (Phi) is 5.55. The first kappa shape index (κ1) is 17.6. The highest BCUT2D eigenvalue weighted by Gasteiger charge is 2.42. The first-order valence-electron chi connectivity index (χ1n) is 8.46. The Morgan fingerprint density at radius 1 is 1.35 bits per heavy atom. The second kappa shape index (κ2) is 7.23. The van der Waals surface area contributed by atoms with Crippen LogP contribution in [0.1, 0.15) is 52.4 Å². The molecule has 1 aliphatic carbocycles. The van der Waals surface area contributed by atoms with E-state index in [1.165, 1.54) is 6.92 Å². The summed E-state index contributed by atoms with van der Waals surface area (Å²) in [5.74, 6) is -0.499. The van der Waals surface area contributed by atoms with E-state index >= 15 is 0 Å². The van der Waals surface area contributed by atoms with E-state index in [0.717, 1.165) is 25.7 Å². The molecule has 0 bridgehead atoms. The van der Waals surface area contributed by atoms with Gasteiger partial charge in [-0.2, -0.15) is 0 Å². The molecule has 1 fully saturated rings. The molecule has 0 aromatic carbocycles. The molecule has 3 N–H and O–H groups in total. The monoisotopic (exact) mass is 321 g/mol. The number of nitrogens with one attached hydrogen (secondary N) is 1. The van der Waals surface area contributed by atoms with E-state index in [4.69, 9.17) is 5.73 Å². The topological polar surface area (TPSA) is 102 Å². The molecule has 2 atom stereocenters. The fraction of sp³-hybridized carbons (Fsp3) is 0.765. The van der Waals surface area contributed by atoms with Crippen LogP contribution >= 0.6 is 0 Å². The standard InChI is InChI=1S/C17H27N3O3/c1-11-7-14(19-9-11)15(22)20-10-13(12(2)21)8-17(16(18)23)5-3-4-6-17/h11,13H,3-10H2,1-2H3,(H2,18,23)(H,20,22). The highest BCUT2D eigenvalue weighted by molar-refractivity contribution is 6.39. The van der Waals surface area contributed by atoms with Gasteiger partial charge in [-0.05, 0) is 38.5 Å². The molecular formula is C17H27N3O3. The van der Waals surface area contributed by atoms with Crippen molar-refractivity contribution >= 4 is 23.3 Å². The molecule has 2 amide bonds. The highest BCUT2D eigenvalue weighted by atomic mass is 16.2. The number of hydrogen-bond donors (Lipinski definition) is 2. The van der Waals surface area contributed by atoms with Crippen LogP contribution in [0, 0.1) is 17.3 Å². The van der Waals surface area contributed by atoms with Gasteiger partial charge in [-0.25, -0.2) is 0 Å². The lowest BCUT2D eigenvalue weighted by Crippen LogP contribution is -2.42. The zero-order valence-electron chi connectivity index (χ0n) is 14.1. The summed E-state index contributed by atoms with van der Waals surface area (Å²) in [7, 11) is 0. The lowest BCUT2D eigenvalue weighted by Gasteiger charge is -2.29. The van der Waals surface area contributed by atoms with Crippen LogP contribution in [0.25, 0.3) is 0 Å². The van der Waals surface area contributed by atoms with Crippen LogP contribution in [-0.2, 0) is 14.4 Å². The van der Waals surface area contributed by atoms with Gasteiger partial charge in [0.05, 0.1) is 5.71 Å². The van der Waals surface area contributed by atoms with Crippen LogP contribution in [0.4, 0.5) is 0 Å². The molecule has 0 aromatic rings.